The largest absolute Gasteiger partial charge is 0.477 e. The molecule has 0 unspecified atom stereocenters. The molecule has 0 bridgehead atoms. The summed E-state index contributed by atoms with van der Waals surface area (Å²) in [6.07, 6.45) is 0.593. The van der Waals surface area contributed by atoms with Crippen molar-refractivity contribution in [1.29, 1.82) is 0 Å². The van der Waals surface area contributed by atoms with E-state index in [4.69, 9.17) is 22.4 Å². The summed E-state index contributed by atoms with van der Waals surface area (Å²) in [6, 6.07) is 5.89. The van der Waals surface area contributed by atoms with Gasteiger partial charge in [-0.25, -0.2) is 14.6 Å². The van der Waals surface area contributed by atoms with Crippen LogP contribution in [0.5, 0.6) is 0 Å². The first-order chi connectivity index (χ1) is 7.99. The summed E-state index contributed by atoms with van der Waals surface area (Å²) < 4.78 is 0. The summed E-state index contributed by atoms with van der Waals surface area (Å²) in [4.78, 5) is 21.3. The molecule has 0 heterocycles. The van der Waals surface area contributed by atoms with Gasteiger partial charge in [-0.15, -0.1) is 0 Å². The molecular formula is C10H10ClN3O3. The number of carboxylic acid groups (broad SMARTS) is 1. The topological polar surface area (TPSA) is 96.0 Å². The molecule has 1 aromatic carbocycles. The fourth-order valence-electron chi connectivity index (χ4n) is 1.10. The van der Waals surface area contributed by atoms with Crippen LogP contribution >= 0.6 is 11.6 Å². The molecule has 0 atom stereocenters. The van der Waals surface area contributed by atoms with Crippen LogP contribution in [0.25, 0.3) is 0 Å². The fraction of sp³-hybridized carbons (Fsp3) is 0.100. The van der Waals surface area contributed by atoms with Gasteiger partial charge in [-0.05, 0) is 17.7 Å². The Kier molecular flexibility index (Phi) is 4.47. The Morgan fingerprint density at radius 1 is 1.53 bits per heavy atom. The lowest BCUT2D eigenvalue weighted by atomic mass is 10.2. The normalized spacial score (nSPS) is 10.4. The van der Waals surface area contributed by atoms with Crippen LogP contribution in [-0.4, -0.2) is 28.3 Å². The van der Waals surface area contributed by atoms with Crippen molar-refractivity contribution in [3.05, 3.63) is 34.9 Å². The van der Waals surface area contributed by atoms with Crippen molar-refractivity contribution in [2.45, 2.75) is 6.54 Å². The van der Waals surface area contributed by atoms with Gasteiger partial charge >= 0.3 is 12.0 Å². The second-order valence-corrected chi connectivity index (χ2v) is 3.55. The number of amides is 2. The third-order valence-corrected chi connectivity index (χ3v) is 2.02. The summed E-state index contributed by atoms with van der Waals surface area (Å²) in [5, 5.41) is 13.2. The Labute approximate surface area is 102 Å². The lowest BCUT2D eigenvalue weighted by Crippen LogP contribution is -2.31. The molecule has 0 aliphatic carbocycles. The molecule has 3 N–H and O–H groups in total. The highest BCUT2D eigenvalue weighted by atomic mass is 35.5. The van der Waals surface area contributed by atoms with Crippen LogP contribution in [0.2, 0.25) is 5.02 Å². The van der Waals surface area contributed by atoms with Crippen LogP contribution in [-0.2, 0) is 11.3 Å². The maximum atomic E-state index is 11.0. The van der Waals surface area contributed by atoms with Crippen LogP contribution in [0.1, 0.15) is 5.56 Å². The maximum absolute atomic E-state index is 11.0. The lowest BCUT2D eigenvalue weighted by Gasteiger charge is -2.13. The minimum Gasteiger partial charge on any atom is -0.477 e. The number of hydrogen-bond donors (Lipinski definition) is 2. The van der Waals surface area contributed by atoms with Gasteiger partial charge < -0.3 is 10.8 Å². The Morgan fingerprint density at radius 2 is 2.24 bits per heavy atom. The van der Waals surface area contributed by atoms with E-state index in [1.807, 2.05) is 0 Å². The van der Waals surface area contributed by atoms with Crippen molar-refractivity contribution < 1.29 is 14.7 Å². The number of carbonyl (C=O) groups is 2. The number of nitrogens with zero attached hydrogens (tertiary/aromatic N) is 2. The van der Waals surface area contributed by atoms with E-state index >= 15 is 0 Å². The number of nitrogens with two attached hydrogens (primary N) is 1. The Balaban J connectivity index is 2.80. The lowest BCUT2D eigenvalue weighted by molar-refractivity contribution is -0.128. The number of primary amides is 1. The minimum absolute atomic E-state index is 0.0552. The van der Waals surface area contributed by atoms with Gasteiger partial charge in [-0.2, -0.15) is 5.10 Å². The third-order valence-electron chi connectivity index (χ3n) is 1.78. The number of halogens is 1. The Bertz CT molecular complexity index is 462. The maximum Gasteiger partial charge on any atom is 0.348 e. The predicted molar refractivity (Wildman–Crippen MR) is 62.7 cm³/mol. The molecule has 0 saturated heterocycles. The SMILES string of the molecule is NC(=O)N(Cc1cccc(Cl)c1)N=CC(=O)O. The van der Waals surface area contributed by atoms with Gasteiger partial charge in [0.1, 0.15) is 6.21 Å². The smallest absolute Gasteiger partial charge is 0.348 e. The van der Waals surface area contributed by atoms with Crippen LogP contribution in [0.3, 0.4) is 0 Å². The molecule has 1 aromatic rings. The molecule has 2 amide bonds. The second kappa shape index (κ2) is 5.86. The third kappa shape index (κ3) is 4.52. The van der Waals surface area contributed by atoms with Crippen LogP contribution in [0.15, 0.2) is 29.4 Å². The molecule has 6 nitrogen and oxygen atoms in total. The van der Waals surface area contributed by atoms with E-state index in [1.165, 1.54) is 0 Å². The molecule has 7 heteroatoms. The van der Waals surface area contributed by atoms with Gasteiger partial charge in [0, 0.05) is 5.02 Å². The summed E-state index contributed by atoms with van der Waals surface area (Å²) in [5.74, 6) is -1.26. The molecule has 17 heavy (non-hydrogen) atoms. The average Bonchev–Trinajstić information content (AvgIpc) is 2.23. The summed E-state index contributed by atoms with van der Waals surface area (Å²) >= 11 is 5.77. The van der Waals surface area contributed by atoms with Crippen molar-refractivity contribution in [3.8, 4) is 0 Å². The van der Waals surface area contributed by atoms with Crippen molar-refractivity contribution in [3.63, 3.8) is 0 Å². The molecule has 90 valence electrons. The van der Waals surface area contributed by atoms with Crippen molar-refractivity contribution in [1.82, 2.24) is 5.01 Å². The van der Waals surface area contributed by atoms with Crippen LogP contribution in [0.4, 0.5) is 4.79 Å². The van der Waals surface area contributed by atoms with E-state index in [-0.39, 0.29) is 6.54 Å². The molecule has 0 radical (unpaired) electrons. The Morgan fingerprint density at radius 3 is 2.76 bits per heavy atom. The predicted octanol–water partition coefficient (Wildman–Crippen LogP) is 1.29. The number of carbonyl (C=O) groups excluding carboxylic acids is 1. The number of hydrazone groups is 1. The fourth-order valence-corrected chi connectivity index (χ4v) is 1.32. The van der Waals surface area contributed by atoms with Gasteiger partial charge in [0.2, 0.25) is 0 Å². The van der Waals surface area contributed by atoms with Gasteiger partial charge in [0.15, 0.2) is 0 Å². The summed E-state index contributed by atoms with van der Waals surface area (Å²) in [7, 11) is 0. The summed E-state index contributed by atoms with van der Waals surface area (Å²) in [6.45, 7) is 0.0552. The zero-order chi connectivity index (χ0) is 12.8. The number of aliphatic carboxylic acids is 1. The molecule has 0 fully saturated rings. The molecule has 1 rings (SSSR count). The Hall–Kier alpha value is -2.08. The van der Waals surface area contributed by atoms with E-state index in [9.17, 15) is 9.59 Å². The number of carboxylic acids is 1. The van der Waals surface area contributed by atoms with Crippen molar-refractivity contribution >= 4 is 29.8 Å². The molecule has 0 aliphatic rings. The van der Waals surface area contributed by atoms with E-state index in [2.05, 4.69) is 5.10 Å². The van der Waals surface area contributed by atoms with Gasteiger partial charge in [-0.1, -0.05) is 23.7 Å². The standard InChI is InChI=1S/C10H10ClN3O3/c11-8-3-1-2-7(4-8)6-14(10(12)17)13-5-9(15)16/h1-5H,6H2,(H2,12,17)(H,15,16). The van der Waals surface area contributed by atoms with Crippen molar-refractivity contribution in [2.24, 2.45) is 10.8 Å². The monoisotopic (exact) mass is 255 g/mol. The zero-order valence-corrected chi connectivity index (χ0v) is 9.46. The number of benzene rings is 1. The highest BCUT2D eigenvalue weighted by Crippen LogP contribution is 2.12. The molecule has 0 aliphatic heterocycles. The van der Waals surface area contributed by atoms with E-state index in [0.717, 1.165) is 5.01 Å². The average molecular weight is 256 g/mol. The van der Waals surface area contributed by atoms with Crippen LogP contribution < -0.4 is 5.73 Å². The number of hydrogen-bond acceptors (Lipinski definition) is 3. The van der Waals surface area contributed by atoms with E-state index < -0.39 is 12.0 Å². The van der Waals surface area contributed by atoms with E-state index in [1.54, 1.807) is 24.3 Å². The number of urea groups is 1. The molecule has 0 spiro atoms. The van der Waals surface area contributed by atoms with Crippen molar-refractivity contribution in [2.75, 3.05) is 0 Å². The highest BCUT2D eigenvalue weighted by molar-refractivity contribution is 6.30. The quantitative estimate of drug-likeness (QED) is 0.627. The first-order valence-corrected chi connectivity index (χ1v) is 4.95. The second-order valence-electron chi connectivity index (χ2n) is 3.11. The van der Waals surface area contributed by atoms with Gasteiger partial charge in [0.25, 0.3) is 0 Å². The first-order valence-electron chi connectivity index (χ1n) is 4.57. The van der Waals surface area contributed by atoms with Gasteiger partial charge in [-0.3, -0.25) is 0 Å². The first kappa shape index (κ1) is 13.0. The number of rotatable bonds is 4. The molecular weight excluding hydrogens is 246 g/mol. The summed E-state index contributed by atoms with van der Waals surface area (Å²) in [5.41, 5.74) is 5.75. The van der Waals surface area contributed by atoms with Gasteiger partial charge in [0.05, 0.1) is 6.54 Å². The molecule has 0 aromatic heterocycles. The minimum atomic E-state index is -1.26. The highest BCUT2D eigenvalue weighted by Gasteiger charge is 2.09. The molecule has 0 saturated carbocycles. The van der Waals surface area contributed by atoms with Crippen LogP contribution in [0, 0.1) is 0 Å². The van der Waals surface area contributed by atoms with E-state index in [0.29, 0.717) is 16.8 Å². The zero-order valence-electron chi connectivity index (χ0n) is 8.71.